The van der Waals surface area contributed by atoms with Crippen molar-refractivity contribution in [3.8, 4) is 0 Å². The van der Waals surface area contributed by atoms with Crippen molar-refractivity contribution in [1.29, 1.82) is 0 Å². The third-order valence-electron chi connectivity index (χ3n) is 7.70. The van der Waals surface area contributed by atoms with Crippen LogP contribution in [0, 0.1) is 11.8 Å². The number of hydrogen-bond acceptors (Lipinski definition) is 3. The largest absolute Gasteiger partial charge is 0.488 e. The second-order valence-corrected chi connectivity index (χ2v) is 11.0. The minimum Gasteiger partial charge on any atom is -0.423 e. The van der Waals surface area contributed by atoms with E-state index in [-0.39, 0.29) is 5.41 Å². The molecule has 2 aliphatic rings. The van der Waals surface area contributed by atoms with Gasteiger partial charge in [0.15, 0.2) is 0 Å². The summed E-state index contributed by atoms with van der Waals surface area (Å²) in [6.07, 6.45) is 4.29. The van der Waals surface area contributed by atoms with Crippen LogP contribution in [-0.2, 0) is 11.8 Å². The van der Waals surface area contributed by atoms with Crippen LogP contribution in [0.15, 0.2) is 72.4 Å². The Balaban J connectivity index is 0.000000431. The van der Waals surface area contributed by atoms with Gasteiger partial charge < -0.3 is 14.9 Å². The molecule has 0 aromatic heterocycles. The molecule has 0 fully saturated rings. The lowest BCUT2D eigenvalue weighted by molar-refractivity contribution is 0.425. The van der Waals surface area contributed by atoms with E-state index in [2.05, 4.69) is 101 Å². The molecule has 0 spiro atoms. The maximum Gasteiger partial charge on any atom is 0.488 e. The minimum absolute atomic E-state index is 0.236. The number of fused-ring (bicyclic) bond motifs is 3. The van der Waals surface area contributed by atoms with Crippen molar-refractivity contribution in [2.75, 3.05) is 4.90 Å². The third kappa shape index (κ3) is 4.96. The second-order valence-electron chi connectivity index (χ2n) is 11.0. The number of aryl methyl sites for hydroxylation is 1. The van der Waals surface area contributed by atoms with Crippen LogP contribution in [0.25, 0.3) is 6.08 Å². The topological polar surface area (TPSA) is 43.7 Å². The van der Waals surface area contributed by atoms with Crippen molar-refractivity contribution in [3.63, 3.8) is 0 Å². The standard InChI is InChI=1S/C25H24BNO2.C6H14/c1-25(2)21-9-5-6-10-23(21)27(24-14-12-19(26(28)29)16-22(24)25)20-13-11-17-7-3-4-8-18(17)15-20;1-5(2)6(3)4/h3-10,12,14-16,28-29H,11,13H2,1-2H3;5-6H,1-4H3. The normalized spacial score (nSPS) is 15.5. The average Bonchev–Trinajstić information content (AvgIpc) is 2.84. The summed E-state index contributed by atoms with van der Waals surface area (Å²) >= 11 is 0. The summed E-state index contributed by atoms with van der Waals surface area (Å²) in [6.45, 7) is 13.4. The van der Waals surface area contributed by atoms with Crippen LogP contribution in [0.2, 0.25) is 0 Å². The van der Waals surface area contributed by atoms with Crippen LogP contribution in [0.3, 0.4) is 0 Å². The summed E-state index contributed by atoms with van der Waals surface area (Å²) in [4.78, 5) is 2.36. The third-order valence-corrected chi connectivity index (χ3v) is 7.70. The van der Waals surface area contributed by atoms with Crippen LogP contribution in [0.5, 0.6) is 0 Å². The van der Waals surface area contributed by atoms with Gasteiger partial charge in [-0.1, -0.05) is 96.1 Å². The van der Waals surface area contributed by atoms with E-state index in [1.165, 1.54) is 28.1 Å². The molecule has 0 radical (unpaired) electrons. The fourth-order valence-electron chi connectivity index (χ4n) is 4.78. The molecule has 182 valence electrons. The molecule has 0 amide bonds. The van der Waals surface area contributed by atoms with Gasteiger partial charge in [0, 0.05) is 22.5 Å². The fraction of sp³-hybridized carbons (Fsp3) is 0.355. The van der Waals surface area contributed by atoms with Crippen LogP contribution >= 0.6 is 0 Å². The lowest BCUT2D eigenvalue weighted by Gasteiger charge is -2.43. The number of para-hydroxylation sites is 1. The monoisotopic (exact) mass is 467 g/mol. The van der Waals surface area contributed by atoms with Gasteiger partial charge in [-0.3, -0.25) is 0 Å². The highest BCUT2D eigenvalue weighted by atomic mass is 16.4. The fourth-order valence-corrected chi connectivity index (χ4v) is 4.78. The first-order chi connectivity index (χ1) is 16.6. The maximum atomic E-state index is 9.75. The summed E-state index contributed by atoms with van der Waals surface area (Å²) in [5.74, 6) is 1.70. The number of hydrogen-bond donors (Lipinski definition) is 2. The molecular weight excluding hydrogens is 429 g/mol. The Labute approximate surface area is 211 Å². The Morgan fingerprint density at radius 1 is 0.771 bits per heavy atom. The Morgan fingerprint density at radius 2 is 1.40 bits per heavy atom. The van der Waals surface area contributed by atoms with Gasteiger partial charge in [0.05, 0.1) is 0 Å². The van der Waals surface area contributed by atoms with E-state index >= 15 is 0 Å². The molecule has 2 N–H and O–H groups in total. The van der Waals surface area contributed by atoms with Crippen LogP contribution in [-0.4, -0.2) is 17.2 Å². The van der Waals surface area contributed by atoms with E-state index < -0.39 is 7.12 Å². The zero-order valence-corrected chi connectivity index (χ0v) is 21.9. The molecule has 3 nitrogen and oxygen atoms in total. The minimum atomic E-state index is -1.47. The van der Waals surface area contributed by atoms with Crippen LogP contribution < -0.4 is 10.4 Å². The molecule has 0 saturated heterocycles. The van der Waals surface area contributed by atoms with E-state index in [4.69, 9.17) is 0 Å². The van der Waals surface area contributed by atoms with Gasteiger partial charge in [-0.25, -0.2) is 0 Å². The van der Waals surface area contributed by atoms with Gasteiger partial charge in [-0.05, 0) is 70.6 Å². The highest BCUT2D eigenvalue weighted by Gasteiger charge is 2.38. The lowest BCUT2D eigenvalue weighted by Crippen LogP contribution is -2.37. The number of rotatable bonds is 3. The van der Waals surface area contributed by atoms with Crippen molar-refractivity contribution in [2.45, 2.75) is 59.8 Å². The van der Waals surface area contributed by atoms with Gasteiger partial charge in [0.2, 0.25) is 0 Å². The zero-order valence-electron chi connectivity index (χ0n) is 21.9. The van der Waals surface area contributed by atoms with Gasteiger partial charge >= 0.3 is 7.12 Å². The molecule has 5 rings (SSSR count). The molecule has 0 bridgehead atoms. The Hall–Kier alpha value is -2.82. The highest BCUT2D eigenvalue weighted by molar-refractivity contribution is 6.58. The molecule has 0 unspecified atom stereocenters. The maximum absolute atomic E-state index is 9.75. The summed E-state index contributed by atoms with van der Waals surface area (Å²) in [6, 6.07) is 22.9. The molecular formula is C31H38BNO2. The number of nitrogens with zero attached hydrogens (tertiary/aromatic N) is 1. The lowest BCUT2D eigenvalue weighted by atomic mass is 9.70. The van der Waals surface area contributed by atoms with E-state index in [9.17, 15) is 10.0 Å². The SMILES string of the molecule is CC(C)C(C)C.CC1(C)c2ccccc2N(C2=Cc3ccccc3CC2)c2ccc(B(O)O)cc21. The molecule has 1 aliphatic heterocycles. The summed E-state index contributed by atoms with van der Waals surface area (Å²) in [5.41, 5.74) is 8.90. The van der Waals surface area contributed by atoms with Crippen molar-refractivity contribution >= 4 is 30.0 Å². The molecule has 0 saturated carbocycles. The summed E-state index contributed by atoms with van der Waals surface area (Å²) in [5, 5.41) is 19.5. The van der Waals surface area contributed by atoms with Gasteiger partial charge in [-0.2, -0.15) is 0 Å². The average molecular weight is 467 g/mol. The molecule has 1 heterocycles. The molecule has 3 aromatic carbocycles. The Morgan fingerprint density at radius 3 is 2.09 bits per heavy atom. The molecule has 3 aromatic rings. The highest BCUT2D eigenvalue weighted by Crippen LogP contribution is 2.51. The first-order valence-electron chi connectivity index (χ1n) is 12.8. The van der Waals surface area contributed by atoms with Gasteiger partial charge in [-0.15, -0.1) is 0 Å². The predicted molar refractivity (Wildman–Crippen MR) is 149 cm³/mol. The summed E-state index contributed by atoms with van der Waals surface area (Å²) in [7, 11) is -1.47. The molecule has 0 atom stereocenters. The summed E-state index contributed by atoms with van der Waals surface area (Å²) < 4.78 is 0. The van der Waals surface area contributed by atoms with E-state index in [0.29, 0.717) is 5.46 Å². The van der Waals surface area contributed by atoms with E-state index in [1.807, 2.05) is 18.2 Å². The van der Waals surface area contributed by atoms with Crippen LogP contribution in [0.4, 0.5) is 11.4 Å². The molecule has 4 heteroatoms. The molecule has 35 heavy (non-hydrogen) atoms. The second kappa shape index (κ2) is 10.0. The number of benzene rings is 3. The predicted octanol–water partition coefficient (Wildman–Crippen LogP) is 6.43. The van der Waals surface area contributed by atoms with E-state index in [1.54, 1.807) is 0 Å². The van der Waals surface area contributed by atoms with Crippen molar-refractivity contribution in [2.24, 2.45) is 11.8 Å². The first kappa shape index (κ1) is 25.3. The Bertz CT molecular complexity index is 1220. The zero-order chi connectivity index (χ0) is 25.3. The molecule has 1 aliphatic carbocycles. The smallest absolute Gasteiger partial charge is 0.423 e. The van der Waals surface area contributed by atoms with E-state index in [0.717, 1.165) is 35.9 Å². The van der Waals surface area contributed by atoms with Gasteiger partial charge in [0.25, 0.3) is 0 Å². The first-order valence-corrected chi connectivity index (χ1v) is 12.8. The van der Waals surface area contributed by atoms with Crippen LogP contribution in [0.1, 0.15) is 70.2 Å². The van der Waals surface area contributed by atoms with Crippen molar-refractivity contribution in [3.05, 3.63) is 94.7 Å². The number of anilines is 2. The number of allylic oxidation sites excluding steroid dienone is 1. The Kier molecular flexibility index (Phi) is 7.26. The van der Waals surface area contributed by atoms with Crippen molar-refractivity contribution in [1.82, 2.24) is 0 Å². The van der Waals surface area contributed by atoms with Gasteiger partial charge in [0.1, 0.15) is 0 Å². The quantitative estimate of drug-likeness (QED) is 0.437. The van der Waals surface area contributed by atoms with Crippen molar-refractivity contribution < 1.29 is 10.0 Å².